The van der Waals surface area contributed by atoms with Gasteiger partial charge in [-0.25, -0.2) is 4.79 Å². The van der Waals surface area contributed by atoms with Gasteiger partial charge in [0.1, 0.15) is 5.60 Å². The van der Waals surface area contributed by atoms with Crippen LogP contribution in [0.2, 0.25) is 10.0 Å². The van der Waals surface area contributed by atoms with Gasteiger partial charge in [0.15, 0.2) is 0 Å². The first-order valence-electron chi connectivity index (χ1n) is 9.41. The van der Waals surface area contributed by atoms with Gasteiger partial charge in [0.2, 0.25) is 5.91 Å². The SMILES string of the molecule is CSCC(=O)NC[C@H]1CN(C(=O)OC(C)(C)C)CCO[C@@H]1c1ccc(Cl)c(Cl)c1. The highest BCUT2D eigenvalue weighted by Gasteiger charge is 2.33. The summed E-state index contributed by atoms with van der Waals surface area (Å²) in [5, 5.41) is 3.84. The Morgan fingerprint density at radius 3 is 2.66 bits per heavy atom. The van der Waals surface area contributed by atoms with E-state index in [1.807, 2.05) is 33.1 Å². The van der Waals surface area contributed by atoms with Gasteiger partial charge in [-0.1, -0.05) is 29.3 Å². The van der Waals surface area contributed by atoms with E-state index >= 15 is 0 Å². The van der Waals surface area contributed by atoms with Gasteiger partial charge in [0, 0.05) is 25.6 Å². The first-order valence-corrected chi connectivity index (χ1v) is 11.6. The Balaban J connectivity index is 2.22. The Labute approximate surface area is 186 Å². The molecule has 0 unspecified atom stereocenters. The second-order valence-corrected chi connectivity index (χ2v) is 9.57. The molecule has 2 rings (SSSR count). The number of nitrogens with zero attached hydrogens (tertiary/aromatic N) is 1. The van der Waals surface area contributed by atoms with Crippen molar-refractivity contribution in [3.05, 3.63) is 33.8 Å². The number of ether oxygens (including phenoxy) is 2. The van der Waals surface area contributed by atoms with Crippen LogP contribution in [0, 0.1) is 5.92 Å². The van der Waals surface area contributed by atoms with Crippen LogP contribution in [0.25, 0.3) is 0 Å². The van der Waals surface area contributed by atoms with E-state index in [1.165, 1.54) is 11.8 Å². The smallest absolute Gasteiger partial charge is 0.410 e. The van der Waals surface area contributed by atoms with Crippen LogP contribution in [0.5, 0.6) is 0 Å². The average molecular weight is 463 g/mol. The first kappa shape index (κ1) is 24.1. The zero-order valence-electron chi connectivity index (χ0n) is 17.2. The number of halogens is 2. The molecule has 2 amide bonds. The monoisotopic (exact) mass is 462 g/mol. The van der Waals surface area contributed by atoms with Gasteiger partial charge in [0.25, 0.3) is 0 Å². The molecule has 1 aromatic carbocycles. The van der Waals surface area contributed by atoms with E-state index in [0.717, 1.165) is 5.56 Å². The first-order chi connectivity index (χ1) is 13.6. The van der Waals surface area contributed by atoms with Crippen molar-refractivity contribution in [3.63, 3.8) is 0 Å². The maximum Gasteiger partial charge on any atom is 0.410 e. The summed E-state index contributed by atoms with van der Waals surface area (Å²) in [6.07, 6.45) is 1.14. The molecule has 1 heterocycles. The third-order valence-electron chi connectivity index (χ3n) is 4.30. The van der Waals surface area contributed by atoms with E-state index in [1.54, 1.807) is 17.0 Å². The molecule has 29 heavy (non-hydrogen) atoms. The van der Waals surface area contributed by atoms with Crippen molar-refractivity contribution in [2.24, 2.45) is 5.92 Å². The molecule has 2 atom stereocenters. The Bertz CT molecular complexity index is 727. The highest BCUT2D eigenvalue weighted by atomic mass is 35.5. The average Bonchev–Trinajstić information content (AvgIpc) is 2.84. The molecule has 9 heteroatoms. The number of amides is 2. The van der Waals surface area contributed by atoms with Crippen LogP contribution in [0.15, 0.2) is 18.2 Å². The van der Waals surface area contributed by atoms with Gasteiger partial charge in [-0.15, -0.1) is 0 Å². The lowest BCUT2D eigenvalue weighted by Crippen LogP contribution is -2.43. The number of hydrogen-bond donors (Lipinski definition) is 1. The summed E-state index contributed by atoms with van der Waals surface area (Å²) in [6, 6.07) is 5.36. The minimum Gasteiger partial charge on any atom is -0.444 e. The number of carbonyl (C=O) groups excluding carboxylic acids is 2. The predicted octanol–water partition coefficient (Wildman–Crippen LogP) is 4.40. The second kappa shape index (κ2) is 10.8. The van der Waals surface area contributed by atoms with E-state index in [2.05, 4.69) is 5.32 Å². The van der Waals surface area contributed by atoms with Gasteiger partial charge in [-0.3, -0.25) is 4.79 Å². The van der Waals surface area contributed by atoms with Crippen molar-refractivity contribution in [2.45, 2.75) is 32.5 Å². The zero-order chi connectivity index (χ0) is 21.6. The standard InChI is InChI=1S/C20H28Cl2N2O4S/c1-20(2,3)28-19(26)24-7-8-27-18(13-5-6-15(21)16(22)9-13)14(11-24)10-23-17(25)12-29-4/h5-6,9,14,18H,7-8,10-12H2,1-4H3,(H,23,25)/t14-,18+/m0/s1. The van der Waals surface area contributed by atoms with Crippen molar-refractivity contribution >= 4 is 47.0 Å². The summed E-state index contributed by atoms with van der Waals surface area (Å²) in [6.45, 7) is 7.00. The summed E-state index contributed by atoms with van der Waals surface area (Å²) >= 11 is 13.7. The number of benzene rings is 1. The minimum absolute atomic E-state index is 0.0570. The quantitative estimate of drug-likeness (QED) is 0.701. The lowest BCUT2D eigenvalue weighted by atomic mass is 9.95. The van der Waals surface area contributed by atoms with E-state index < -0.39 is 11.7 Å². The van der Waals surface area contributed by atoms with Crippen LogP contribution >= 0.6 is 35.0 Å². The van der Waals surface area contributed by atoms with Crippen LogP contribution in [-0.2, 0) is 14.3 Å². The zero-order valence-corrected chi connectivity index (χ0v) is 19.5. The molecule has 1 aliphatic rings. The predicted molar refractivity (Wildman–Crippen MR) is 118 cm³/mol. The molecule has 6 nitrogen and oxygen atoms in total. The number of carbonyl (C=O) groups is 2. The maximum atomic E-state index is 12.6. The van der Waals surface area contributed by atoms with Crippen LogP contribution in [-0.4, -0.2) is 60.8 Å². The molecule has 0 bridgehead atoms. The van der Waals surface area contributed by atoms with Crippen LogP contribution in [0.3, 0.4) is 0 Å². The second-order valence-electron chi connectivity index (χ2n) is 7.89. The van der Waals surface area contributed by atoms with Crippen LogP contribution < -0.4 is 5.32 Å². The Kier molecular flexibility index (Phi) is 8.94. The molecule has 1 fully saturated rings. The van der Waals surface area contributed by atoms with Crippen molar-refractivity contribution in [1.29, 1.82) is 0 Å². The minimum atomic E-state index is -0.588. The summed E-state index contributed by atoms with van der Waals surface area (Å²) in [5.41, 5.74) is 0.268. The summed E-state index contributed by atoms with van der Waals surface area (Å²) in [7, 11) is 0. The normalized spacial score (nSPS) is 20.1. The maximum absolute atomic E-state index is 12.6. The molecule has 1 aromatic rings. The summed E-state index contributed by atoms with van der Waals surface area (Å²) in [5.74, 6) is 0.146. The topological polar surface area (TPSA) is 67.9 Å². The summed E-state index contributed by atoms with van der Waals surface area (Å²) < 4.78 is 11.6. The summed E-state index contributed by atoms with van der Waals surface area (Å²) in [4.78, 5) is 26.2. The highest BCUT2D eigenvalue weighted by molar-refractivity contribution is 7.99. The molecule has 1 aliphatic heterocycles. The van der Waals surface area contributed by atoms with Gasteiger partial charge >= 0.3 is 6.09 Å². The van der Waals surface area contributed by atoms with Gasteiger partial charge < -0.3 is 19.7 Å². The number of nitrogens with one attached hydrogen (secondary N) is 1. The number of hydrogen-bond acceptors (Lipinski definition) is 5. The van der Waals surface area contributed by atoms with Crippen LogP contribution in [0.4, 0.5) is 4.79 Å². The number of rotatable bonds is 5. The number of thioether (sulfide) groups is 1. The molecular formula is C20H28Cl2N2O4S. The van der Waals surface area contributed by atoms with Gasteiger partial charge in [-0.2, -0.15) is 11.8 Å². The fraction of sp³-hybridized carbons (Fsp3) is 0.600. The highest BCUT2D eigenvalue weighted by Crippen LogP contribution is 2.33. The molecule has 1 saturated heterocycles. The third-order valence-corrected chi connectivity index (χ3v) is 5.59. The van der Waals surface area contributed by atoms with Gasteiger partial charge in [-0.05, 0) is 44.7 Å². The van der Waals surface area contributed by atoms with Crippen molar-refractivity contribution < 1.29 is 19.1 Å². The fourth-order valence-corrected chi connectivity index (χ4v) is 3.72. The van der Waals surface area contributed by atoms with E-state index in [-0.39, 0.29) is 17.9 Å². The van der Waals surface area contributed by atoms with E-state index in [9.17, 15) is 9.59 Å². The molecule has 1 N–H and O–H groups in total. The molecular weight excluding hydrogens is 435 g/mol. The molecule has 0 aromatic heterocycles. The lowest BCUT2D eigenvalue weighted by molar-refractivity contribution is -0.119. The van der Waals surface area contributed by atoms with E-state index in [0.29, 0.717) is 42.0 Å². The van der Waals surface area contributed by atoms with Gasteiger partial charge in [0.05, 0.1) is 28.5 Å². The van der Waals surface area contributed by atoms with Crippen molar-refractivity contribution in [1.82, 2.24) is 10.2 Å². The molecule has 0 spiro atoms. The largest absolute Gasteiger partial charge is 0.444 e. The Morgan fingerprint density at radius 1 is 1.31 bits per heavy atom. The molecule has 0 aliphatic carbocycles. The van der Waals surface area contributed by atoms with Crippen molar-refractivity contribution in [3.8, 4) is 0 Å². The van der Waals surface area contributed by atoms with Crippen molar-refractivity contribution in [2.75, 3.05) is 38.2 Å². The third kappa shape index (κ3) is 7.55. The molecule has 0 radical (unpaired) electrons. The Morgan fingerprint density at radius 2 is 2.03 bits per heavy atom. The van der Waals surface area contributed by atoms with Crippen LogP contribution in [0.1, 0.15) is 32.4 Å². The van der Waals surface area contributed by atoms with E-state index in [4.69, 9.17) is 32.7 Å². The molecule has 0 saturated carbocycles. The Hall–Kier alpha value is -1.15. The molecule has 162 valence electrons. The fourth-order valence-electron chi connectivity index (χ4n) is 3.04. The lowest BCUT2D eigenvalue weighted by Gasteiger charge is -2.30.